The van der Waals surface area contributed by atoms with E-state index in [0.717, 1.165) is 62.3 Å². The van der Waals surface area contributed by atoms with E-state index < -0.39 is 0 Å². The number of nitrogens with zero attached hydrogens (tertiary/aromatic N) is 3. The van der Waals surface area contributed by atoms with Gasteiger partial charge < -0.3 is 24.7 Å². The third-order valence-corrected chi connectivity index (χ3v) is 6.17. The van der Waals surface area contributed by atoms with Crippen LogP contribution in [0.1, 0.15) is 38.0 Å². The molecule has 2 aliphatic heterocycles. The van der Waals surface area contributed by atoms with Crippen LogP contribution in [0.2, 0.25) is 0 Å². The molecule has 0 spiro atoms. The maximum atomic E-state index is 5.75. The van der Waals surface area contributed by atoms with Crippen LogP contribution >= 0.6 is 24.0 Å². The van der Waals surface area contributed by atoms with Gasteiger partial charge in [-0.05, 0) is 63.5 Å². The molecule has 2 atom stereocenters. The molecule has 7 nitrogen and oxygen atoms in total. The summed E-state index contributed by atoms with van der Waals surface area (Å²) < 4.78 is 11.3. The molecule has 2 fully saturated rings. The van der Waals surface area contributed by atoms with E-state index in [2.05, 4.69) is 45.6 Å². The van der Waals surface area contributed by atoms with E-state index >= 15 is 0 Å². The van der Waals surface area contributed by atoms with Crippen LogP contribution in [0, 0.1) is 0 Å². The van der Waals surface area contributed by atoms with Crippen molar-refractivity contribution in [3.05, 3.63) is 48.4 Å². The molecule has 1 aromatic heterocycles. The molecule has 176 valence electrons. The minimum absolute atomic E-state index is 0. The van der Waals surface area contributed by atoms with Crippen molar-refractivity contribution in [1.29, 1.82) is 0 Å². The molecule has 0 radical (unpaired) electrons. The fourth-order valence-corrected chi connectivity index (χ4v) is 4.60. The molecule has 0 amide bonds. The first kappa shape index (κ1) is 24.7. The number of guanidine groups is 1. The SMILES string of the molecule is CCNC(=NCC(c1ccco1)N1CCCC1)NC1CCN(c2ccccc2OC)C1.I. The zero-order chi connectivity index (χ0) is 21.5. The summed E-state index contributed by atoms with van der Waals surface area (Å²) in [6, 6.07) is 12.8. The molecule has 0 aliphatic carbocycles. The number of furan rings is 1. The number of aliphatic imine (C=N–C) groups is 1. The molecular formula is C24H36IN5O2. The van der Waals surface area contributed by atoms with Gasteiger partial charge in [-0.2, -0.15) is 0 Å². The number of hydrogen-bond donors (Lipinski definition) is 2. The first-order chi connectivity index (χ1) is 15.3. The van der Waals surface area contributed by atoms with Crippen molar-refractivity contribution in [2.45, 2.75) is 38.3 Å². The van der Waals surface area contributed by atoms with Gasteiger partial charge in [0, 0.05) is 25.7 Å². The number of halogens is 1. The third kappa shape index (κ3) is 6.10. The number of likely N-dealkylation sites (tertiary alicyclic amines) is 1. The summed E-state index contributed by atoms with van der Waals surface area (Å²) in [5.41, 5.74) is 1.16. The van der Waals surface area contributed by atoms with E-state index in [1.165, 1.54) is 12.8 Å². The number of rotatable bonds is 8. The molecule has 2 saturated heterocycles. The van der Waals surface area contributed by atoms with Crippen LogP contribution in [0.5, 0.6) is 5.75 Å². The first-order valence-corrected chi connectivity index (χ1v) is 11.5. The van der Waals surface area contributed by atoms with Crippen LogP contribution in [0.3, 0.4) is 0 Å². The van der Waals surface area contributed by atoms with Crippen LogP contribution in [0.25, 0.3) is 0 Å². The number of nitrogens with one attached hydrogen (secondary N) is 2. The Kier molecular flexibility index (Phi) is 9.52. The Morgan fingerprint density at radius 1 is 1.19 bits per heavy atom. The molecule has 0 saturated carbocycles. The van der Waals surface area contributed by atoms with Crippen molar-refractivity contribution >= 4 is 35.6 Å². The van der Waals surface area contributed by atoms with Crippen molar-refractivity contribution < 1.29 is 9.15 Å². The van der Waals surface area contributed by atoms with Crippen LogP contribution in [0.15, 0.2) is 52.1 Å². The highest BCUT2D eigenvalue weighted by atomic mass is 127. The van der Waals surface area contributed by atoms with Crippen molar-refractivity contribution in [3.63, 3.8) is 0 Å². The number of para-hydroxylation sites is 2. The maximum Gasteiger partial charge on any atom is 0.191 e. The monoisotopic (exact) mass is 553 g/mol. The molecule has 1 aromatic carbocycles. The van der Waals surface area contributed by atoms with Gasteiger partial charge in [0.05, 0.1) is 31.6 Å². The highest BCUT2D eigenvalue weighted by Gasteiger charge is 2.27. The topological polar surface area (TPSA) is 65.3 Å². The summed E-state index contributed by atoms with van der Waals surface area (Å²) in [7, 11) is 1.73. The van der Waals surface area contributed by atoms with E-state index in [9.17, 15) is 0 Å². The molecule has 2 N–H and O–H groups in total. The Balaban J connectivity index is 0.00000289. The zero-order valence-corrected chi connectivity index (χ0v) is 21.5. The second-order valence-electron chi connectivity index (χ2n) is 8.24. The number of ether oxygens (including phenoxy) is 1. The van der Waals surface area contributed by atoms with Crippen molar-refractivity contribution in [1.82, 2.24) is 15.5 Å². The van der Waals surface area contributed by atoms with E-state index in [0.29, 0.717) is 12.6 Å². The van der Waals surface area contributed by atoms with E-state index in [1.807, 2.05) is 18.2 Å². The lowest BCUT2D eigenvalue weighted by Crippen LogP contribution is -2.45. The minimum atomic E-state index is 0. The molecule has 2 unspecified atom stereocenters. The highest BCUT2D eigenvalue weighted by Crippen LogP contribution is 2.30. The maximum absolute atomic E-state index is 5.75. The van der Waals surface area contributed by atoms with E-state index in [1.54, 1.807) is 13.4 Å². The zero-order valence-electron chi connectivity index (χ0n) is 19.1. The highest BCUT2D eigenvalue weighted by molar-refractivity contribution is 14.0. The predicted molar refractivity (Wildman–Crippen MR) is 140 cm³/mol. The normalized spacial score (nSPS) is 20.1. The standard InChI is InChI=1S/C24H35N5O2.HI/c1-3-25-24(26-17-21(23-11-8-16-31-23)28-13-6-7-14-28)27-19-12-15-29(18-19)20-9-4-5-10-22(20)30-2;/h4-5,8-11,16,19,21H,3,6-7,12-15,17-18H2,1-2H3,(H2,25,26,27);1H. The fourth-order valence-electron chi connectivity index (χ4n) is 4.60. The third-order valence-electron chi connectivity index (χ3n) is 6.17. The lowest BCUT2D eigenvalue weighted by Gasteiger charge is -2.25. The average Bonchev–Trinajstić information content (AvgIpc) is 3.57. The number of hydrogen-bond acceptors (Lipinski definition) is 5. The molecular weight excluding hydrogens is 517 g/mol. The van der Waals surface area contributed by atoms with Crippen LogP contribution < -0.4 is 20.3 Å². The largest absolute Gasteiger partial charge is 0.495 e. The first-order valence-electron chi connectivity index (χ1n) is 11.5. The summed E-state index contributed by atoms with van der Waals surface area (Å²) in [6.45, 7) is 7.79. The quantitative estimate of drug-likeness (QED) is 0.294. The molecule has 2 aromatic rings. The fraction of sp³-hybridized carbons (Fsp3) is 0.542. The number of benzene rings is 1. The summed E-state index contributed by atoms with van der Waals surface area (Å²) >= 11 is 0. The Morgan fingerprint density at radius 2 is 2.00 bits per heavy atom. The second kappa shape index (κ2) is 12.3. The molecule has 4 rings (SSSR count). The van der Waals surface area contributed by atoms with Gasteiger partial charge in [-0.25, -0.2) is 0 Å². The number of methoxy groups -OCH3 is 1. The molecule has 8 heteroatoms. The Hall–Kier alpha value is -1.94. The van der Waals surface area contributed by atoms with Crippen molar-refractivity contribution in [2.75, 3.05) is 51.3 Å². The van der Waals surface area contributed by atoms with Gasteiger partial charge in [0.15, 0.2) is 5.96 Å². The molecule has 0 bridgehead atoms. The van der Waals surface area contributed by atoms with Crippen molar-refractivity contribution in [2.24, 2.45) is 4.99 Å². The molecule has 32 heavy (non-hydrogen) atoms. The Labute approximate surface area is 208 Å². The summed E-state index contributed by atoms with van der Waals surface area (Å²) in [5.74, 6) is 2.81. The van der Waals surface area contributed by atoms with Gasteiger partial charge in [-0.3, -0.25) is 9.89 Å². The second-order valence-corrected chi connectivity index (χ2v) is 8.24. The summed E-state index contributed by atoms with van der Waals surface area (Å²) in [6.07, 6.45) is 5.33. The average molecular weight is 553 g/mol. The molecule has 2 aliphatic rings. The van der Waals surface area contributed by atoms with Gasteiger partial charge in [-0.1, -0.05) is 12.1 Å². The van der Waals surface area contributed by atoms with Crippen LogP contribution in [0.4, 0.5) is 5.69 Å². The van der Waals surface area contributed by atoms with Gasteiger partial charge in [0.2, 0.25) is 0 Å². The van der Waals surface area contributed by atoms with Gasteiger partial charge in [-0.15, -0.1) is 24.0 Å². The van der Waals surface area contributed by atoms with Gasteiger partial charge in [0.1, 0.15) is 11.5 Å². The van der Waals surface area contributed by atoms with E-state index in [-0.39, 0.29) is 30.0 Å². The van der Waals surface area contributed by atoms with Gasteiger partial charge in [0.25, 0.3) is 0 Å². The van der Waals surface area contributed by atoms with Crippen LogP contribution in [-0.4, -0.2) is 63.3 Å². The molecule has 3 heterocycles. The van der Waals surface area contributed by atoms with E-state index in [4.69, 9.17) is 14.1 Å². The predicted octanol–water partition coefficient (Wildman–Crippen LogP) is 3.88. The smallest absolute Gasteiger partial charge is 0.191 e. The van der Waals surface area contributed by atoms with Crippen LogP contribution in [-0.2, 0) is 0 Å². The van der Waals surface area contributed by atoms with Gasteiger partial charge >= 0.3 is 0 Å². The number of anilines is 1. The minimum Gasteiger partial charge on any atom is -0.495 e. The lowest BCUT2D eigenvalue weighted by atomic mass is 10.2. The Morgan fingerprint density at radius 3 is 2.72 bits per heavy atom. The lowest BCUT2D eigenvalue weighted by molar-refractivity contribution is 0.221. The Bertz CT molecular complexity index is 839. The summed E-state index contributed by atoms with van der Waals surface area (Å²) in [4.78, 5) is 9.83. The van der Waals surface area contributed by atoms with Crippen molar-refractivity contribution in [3.8, 4) is 5.75 Å². The summed E-state index contributed by atoms with van der Waals surface area (Å²) in [5, 5.41) is 7.08.